The van der Waals surface area contributed by atoms with E-state index in [9.17, 15) is 24.5 Å². The smallest absolute Gasteiger partial charge is 0.331 e. The van der Waals surface area contributed by atoms with Gasteiger partial charge in [-0.3, -0.25) is 19.7 Å². The van der Waals surface area contributed by atoms with E-state index in [4.69, 9.17) is 4.74 Å². The van der Waals surface area contributed by atoms with Crippen LogP contribution in [-0.4, -0.2) is 48.3 Å². The fourth-order valence-electron chi connectivity index (χ4n) is 2.29. The number of anilines is 1. The van der Waals surface area contributed by atoms with Crippen LogP contribution < -0.4 is 5.32 Å². The Morgan fingerprint density at radius 3 is 2.38 bits per heavy atom. The van der Waals surface area contributed by atoms with Crippen LogP contribution in [0, 0.1) is 10.1 Å². The molecule has 9 heteroatoms. The van der Waals surface area contributed by atoms with Crippen LogP contribution >= 0.6 is 0 Å². The number of carbonyl (C=O) groups excluding carboxylic acids is 3. The number of nitro groups is 1. The zero-order valence-electron chi connectivity index (χ0n) is 15.8. The molecule has 150 valence electrons. The summed E-state index contributed by atoms with van der Waals surface area (Å²) in [6, 6.07) is 12.2. The molecule has 2 amide bonds. The van der Waals surface area contributed by atoms with Crippen molar-refractivity contribution in [3.63, 3.8) is 0 Å². The number of hydrogen-bond donors (Lipinski definition) is 1. The van der Waals surface area contributed by atoms with Crippen LogP contribution in [0.5, 0.6) is 0 Å². The number of para-hydroxylation sites is 1. The van der Waals surface area contributed by atoms with E-state index in [1.54, 1.807) is 44.4 Å². The maximum absolute atomic E-state index is 11.9. The summed E-state index contributed by atoms with van der Waals surface area (Å²) in [5.41, 5.74) is 1.01. The predicted molar refractivity (Wildman–Crippen MR) is 106 cm³/mol. The molecule has 0 aromatic heterocycles. The topological polar surface area (TPSA) is 119 Å². The molecular formula is C20H19N3O6. The molecule has 0 heterocycles. The van der Waals surface area contributed by atoms with Crippen molar-refractivity contribution in [3.8, 4) is 0 Å². The number of hydrogen-bond acceptors (Lipinski definition) is 6. The van der Waals surface area contributed by atoms with E-state index in [1.807, 2.05) is 0 Å². The van der Waals surface area contributed by atoms with E-state index in [0.717, 1.165) is 6.08 Å². The number of amides is 2. The van der Waals surface area contributed by atoms with Gasteiger partial charge in [-0.25, -0.2) is 4.79 Å². The van der Waals surface area contributed by atoms with Gasteiger partial charge in [-0.1, -0.05) is 12.1 Å². The maximum Gasteiger partial charge on any atom is 0.331 e. The standard InChI is InChI=1S/C20H19N3O6/c1-22(2)20(26)15-7-10-16(11-8-15)21-18(24)13-29-19(25)12-9-14-5-3-4-6-17(14)23(27)28/h3-12H,13H2,1-2H3,(H,21,24)/b12-9+. The Kier molecular flexibility index (Phi) is 7.19. The molecule has 0 bridgehead atoms. The molecule has 29 heavy (non-hydrogen) atoms. The Morgan fingerprint density at radius 2 is 1.76 bits per heavy atom. The van der Waals surface area contributed by atoms with Crippen molar-refractivity contribution < 1.29 is 24.0 Å². The Hall–Kier alpha value is -4.01. The van der Waals surface area contributed by atoms with Crippen LogP contribution in [0.1, 0.15) is 15.9 Å². The number of esters is 1. The first-order chi connectivity index (χ1) is 13.8. The van der Waals surface area contributed by atoms with Gasteiger partial charge in [0.25, 0.3) is 17.5 Å². The lowest BCUT2D eigenvalue weighted by Crippen LogP contribution is -2.22. The molecule has 0 unspecified atom stereocenters. The van der Waals surface area contributed by atoms with Gasteiger partial charge in [0, 0.05) is 37.5 Å². The van der Waals surface area contributed by atoms with Crippen LogP contribution in [0.4, 0.5) is 11.4 Å². The van der Waals surface area contributed by atoms with Gasteiger partial charge in [-0.15, -0.1) is 0 Å². The molecule has 2 aromatic carbocycles. The molecule has 1 N–H and O–H groups in total. The first kappa shape index (κ1) is 21.3. The molecule has 0 saturated heterocycles. The van der Waals surface area contributed by atoms with Crippen molar-refractivity contribution in [3.05, 3.63) is 75.8 Å². The van der Waals surface area contributed by atoms with Crippen LogP contribution in [0.3, 0.4) is 0 Å². The second-order valence-corrected chi connectivity index (χ2v) is 6.08. The minimum atomic E-state index is -0.815. The average Bonchev–Trinajstić information content (AvgIpc) is 2.70. The third-order valence-corrected chi connectivity index (χ3v) is 3.70. The molecular weight excluding hydrogens is 378 g/mol. The third kappa shape index (κ3) is 6.28. The fourth-order valence-corrected chi connectivity index (χ4v) is 2.29. The van der Waals surface area contributed by atoms with Gasteiger partial charge in [-0.05, 0) is 36.4 Å². The minimum absolute atomic E-state index is 0.148. The second kappa shape index (κ2) is 9.79. The van der Waals surface area contributed by atoms with E-state index in [2.05, 4.69) is 5.32 Å². The highest BCUT2D eigenvalue weighted by atomic mass is 16.6. The van der Waals surface area contributed by atoms with Gasteiger partial charge in [0.15, 0.2) is 6.61 Å². The quantitative estimate of drug-likeness (QED) is 0.332. The molecule has 2 rings (SSSR count). The van der Waals surface area contributed by atoms with Crippen LogP contribution in [-0.2, 0) is 14.3 Å². The second-order valence-electron chi connectivity index (χ2n) is 6.08. The molecule has 0 aliphatic rings. The highest BCUT2D eigenvalue weighted by Gasteiger charge is 2.11. The van der Waals surface area contributed by atoms with Gasteiger partial charge in [0.2, 0.25) is 0 Å². The third-order valence-electron chi connectivity index (χ3n) is 3.70. The predicted octanol–water partition coefficient (Wildman–Crippen LogP) is 2.49. The summed E-state index contributed by atoms with van der Waals surface area (Å²) in [7, 11) is 3.27. The largest absolute Gasteiger partial charge is 0.452 e. The van der Waals surface area contributed by atoms with Gasteiger partial charge >= 0.3 is 5.97 Å². The lowest BCUT2D eigenvalue weighted by molar-refractivity contribution is -0.385. The summed E-state index contributed by atoms with van der Waals surface area (Å²) in [6.07, 6.45) is 2.26. The van der Waals surface area contributed by atoms with E-state index in [1.165, 1.54) is 29.2 Å². The number of carbonyl (C=O) groups is 3. The first-order valence-corrected chi connectivity index (χ1v) is 8.47. The van der Waals surface area contributed by atoms with Crippen molar-refractivity contribution in [1.29, 1.82) is 0 Å². The summed E-state index contributed by atoms with van der Waals surface area (Å²) in [5.74, 6) is -1.54. The van der Waals surface area contributed by atoms with E-state index in [0.29, 0.717) is 11.3 Å². The van der Waals surface area contributed by atoms with Crippen molar-refractivity contribution in [2.24, 2.45) is 0 Å². The van der Waals surface area contributed by atoms with Crippen LogP contribution in [0.15, 0.2) is 54.6 Å². The maximum atomic E-state index is 11.9. The Labute approximate surface area is 166 Å². The fraction of sp³-hybridized carbons (Fsp3) is 0.150. The zero-order valence-corrected chi connectivity index (χ0v) is 15.8. The van der Waals surface area contributed by atoms with E-state index in [-0.39, 0.29) is 17.2 Å². The highest BCUT2D eigenvalue weighted by molar-refractivity contribution is 5.96. The lowest BCUT2D eigenvalue weighted by Gasteiger charge is -2.11. The number of ether oxygens (including phenoxy) is 1. The summed E-state index contributed by atoms with van der Waals surface area (Å²) < 4.78 is 4.82. The average molecular weight is 397 g/mol. The number of nitrogens with zero attached hydrogens (tertiary/aromatic N) is 2. The molecule has 0 radical (unpaired) electrons. The zero-order chi connectivity index (χ0) is 21.4. The van der Waals surface area contributed by atoms with E-state index >= 15 is 0 Å². The molecule has 0 saturated carbocycles. The molecule has 0 fully saturated rings. The summed E-state index contributed by atoms with van der Waals surface area (Å²) in [6.45, 7) is -0.529. The van der Waals surface area contributed by atoms with Gasteiger partial charge in [0.05, 0.1) is 10.5 Å². The lowest BCUT2D eigenvalue weighted by atomic mass is 10.1. The molecule has 0 aliphatic carbocycles. The monoisotopic (exact) mass is 397 g/mol. The normalized spacial score (nSPS) is 10.4. The van der Waals surface area contributed by atoms with Crippen molar-refractivity contribution in [2.45, 2.75) is 0 Å². The molecule has 2 aromatic rings. The van der Waals surface area contributed by atoms with Crippen molar-refractivity contribution in [2.75, 3.05) is 26.0 Å². The summed E-state index contributed by atoms with van der Waals surface area (Å²) in [4.78, 5) is 47.2. The molecule has 0 spiro atoms. The van der Waals surface area contributed by atoms with Crippen molar-refractivity contribution >= 4 is 35.2 Å². The summed E-state index contributed by atoms with van der Waals surface area (Å²) in [5, 5.41) is 13.5. The first-order valence-electron chi connectivity index (χ1n) is 8.47. The Balaban J connectivity index is 1.87. The van der Waals surface area contributed by atoms with Gasteiger partial charge in [0.1, 0.15) is 0 Å². The van der Waals surface area contributed by atoms with Gasteiger partial charge < -0.3 is 15.0 Å². The number of nitrogens with one attached hydrogen (secondary N) is 1. The molecule has 0 aliphatic heterocycles. The van der Waals surface area contributed by atoms with Crippen molar-refractivity contribution in [1.82, 2.24) is 4.90 Å². The molecule has 9 nitrogen and oxygen atoms in total. The minimum Gasteiger partial charge on any atom is -0.452 e. The number of rotatable bonds is 7. The molecule has 0 atom stereocenters. The van der Waals surface area contributed by atoms with E-state index < -0.39 is 23.4 Å². The Morgan fingerprint density at radius 1 is 1.10 bits per heavy atom. The van der Waals surface area contributed by atoms with Crippen LogP contribution in [0.25, 0.3) is 6.08 Å². The van der Waals surface area contributed by atoms with Crippen LogP contribution in [0.2, 0.25) is 0 Å². The van der Waals surface area contributed by atoms with Gasteiger partial charge in [-0.2, -0.15) is 0 Å². The highest BCUT2D eigenvalue weighted by Crippen LogP contribution is 2.18. The summed E-state index contributed by atoms with van der Waals surface area (Å²) >= 11 is 0. The number of nitro benzene ring substituents is 1. The SMILES string of the molecule is CN(C)C(=O)c1ccc(NC(=O)COC(=O)/C=C/c2ccccc2[N+](=O)[O-])cc1. The number of benzene rings is 2. The Bertz CT molecular complexity index is 951.